The van der Waals surface area contributed by atoms with Gasteiger partial charge in [-0.15, -0.1) is 0 Å². The van der Waals surface area contributed by atoms with Crippen molar-refractivity contribution in [1.29, 1.82) is 0 Å². The molecule has 0 aliphatic rings. The lowest BCUT2D eigenvalue weighted by Gasteiger charge is -2.08. The number of hydrogen-bond donors (Lipinski definition) is 0. The number of rotatable bonds is 6. The van der Waals surface area contributed by atoms with Crippen LogP contribution in [0, 0.1) is 0 Å². The number of carbonyl (C=O) groups is 1. The molecule has 0 atom stereocenters. The molecule has 4 heteroatoms. The molecule has 0 N–H and O–H groups in total. The van der Waals surface area contributed by atoms with E-state index < -0.39 is 0 Å². The van der Waals surface area contributed by atoms with Gasteiger partial charge in [0.1, 0.15) is 5.75 Å². The highest BCUT2D eigenvalue weighted by Gasteiger charge is 2.08. The summed E-state index contributed by atoms with van der Waals surface area (Å²) in [6.45, 7) is 0. The second-order valence-electron chi connectivity index (χ2n) is 4.54. The Morgan fingerprint density at radius 3 is 2.14 bits per heavy atom. The number of allylic oxidation sites excluding steroid dienone is 1. The molecule has 0 heterocycles. The van der Waals surface area contributed by atoms with Crippen molar-refractivity contribution in [2.24, 2.45) is 0 Å². The van der Waals surface area contributed by atoms with Crippen LogP contribution < -0.4 is 14.2 Å². The van der Waals surface area contributed by atoms with Gasteiger partial charge in [0.2, 0.25) is 0 Å². The first-order chi connectivity index (χ1) is 10.7. The number of ketones is 1. The number of hydrogen-bond acceptors (Lipinski definition) is 4. The molecule has 0 aromatic heterocycles. The second-order valence-corrected chi connectivity index (χ2v) is 4.54. The highest BCUT2D eigenvalue weighted by atomic mass is 16.5. The molecule has 0 saturated carbocycles. The molecular formula is C18H18O4. The van der Waals surface area contributed by atoms with E-state index in [1.165, 1.54) is 6.08 Å². The van der Waals surface area contributed by atoms with E-state index in [0.29, 0.717) is 17.1 Å². The lowest BCUT2D eigenvalue weighted by atomic mass is 10.1. The monoisotopic (exact) mass is 298 g/mol. The standard InChI is InChI=1S/C18H18O4/c1-20-15-8-4-13(5-9-15)6-10-16(19)14-7-11-17(21-2)18(12-14)22-3/h4-12H,1-3H3/b10-6+. The Morgan fingerprint density at radius 1 is 0.864 bits per heavy atom. The summed E-state index contributed by atoms with van der Waals surface area (Å²) in [4.78, 5) is 12.2. The molecule has 0 bridgehead atoms. The Hall–Kier alpha value is -2.75. The van der Waals surface area contributed by atoms with Crippen LogP contribution in [-0.2, 0) is 0 Å². The van der Waals surface area contributed by atoms with E-state index in [-0.39, 0.29) is 5.78 Å². The van der Waals surface area contributed by atoms with Gasteiger partial charge >= 0.3 is 0 Å². The maximum atomic E-state index is 12.2. The SMILES string of the molecule is COc1ccc(/C=C/C(=O)c2ccc(OC)c(OC)c2)cc1. The van der Waals surface area contributed by atoms with E-state index in [4.69, 9.17) is 14.2 Å². The molecule has 2 rings (SSSR count). The molecule has 0 aliphatic heterocycles. The minimum atomic E-state index is -0.100. The fourth-order valence-electron chi connectivity index (χ4n) is 1.97. The van der Waals surface area contributed by atoms with Crippen LogP contribution in [0.2, 0.25) is 0 Å². The van der Waals surface area contributed by atoms with E-state index in [9.17, 15) is 4.79 Å². The molecular weight excluding hydrogens is 280 g/mol. The number of carbonyl (C=O) groups excluding carboxylic acids is 1. The van der Waals surface area contributed by atoms with Crippen molar-refractivity contribution in [2.75, 3.05) is 21.3 Å². The number of ether oxygens (including phenoxy) is 3. The van der Waals surface area contributed by atoms with Gasteiger partial charge in [-0.3, -0.25) is 4.79 Å². The van der Waals surface area contributed by atoms with E-state index in [0.717, 1.165) is 11.3 Å². The number of methoxy groups -OCH3 is 3. The van der Waals surface area contributed by atoms with Gasteiger partial charge in [0.25, 0.3) is 0 Å². The van der Waals surface area contributed by atoms with E-state index >= 15 is 0 Å². The zero-order valence-corrected chi connectivity index (χ0v) is 12.8. The highest BCUT2D eigenvalue weighted by molar-refractivity contribution is 6.07. The van der Waals surface area contributed by atoms with Gasteiger partial charge in [0.15, 0.2) is 17.3 Å². The average molecular weight is 298 g/mol. The maximum absolute atomic E-state index is 12.2. The molecule has 0 aliphatic carbocycles. The number of benzene rings is 2. The minimum Gasteiger partial charge on any atom is -0.497 e. The summed E-state index contributed by atoms with van der Waals surface area (Å²) in [5, 5.41) is 0. The summed E-state index contributed by atoms with van der Waals surface area (Å²) < 4.78 is 15.5. The maximum Gasteiger partial charge on any atom is 0.185 e. The van der Waals surface area contributed by atoms with Crippen LogP contribution in [0.15, 0.2) is 48.5 Å². The Bertz CT molecular complexity index is 672. The molecule has 2 aromatic carbocycles. The summed E-state index contributed by atoms with van der Waals surface area (Å²) in [6.07, 6.45) is 3.29. The van der Waals surface area contributed by atoms with Gasteiger partial charge in [-0.2, -0.15) is 0 Å². The molecule has 22 heavy (non-hydrogen) atoms. The second kappa shape index (κ2) is 7.31. The van der Waals surface area contributed by atoms with Gasteiger partial charge < -0.3 is 14.2 Å². The van der Waals surface area contributed by atoms with Crippen LogP contribution in [0.1, 0.15) is 15.9 Å². The predicted octanol–water partition coefficient (Wildman–Crippen LogP) is 3.61. The third kappa shape index (κ3) is 3.67. The van der Waals surface area contributed by atoms with Crippen LogP contribution in [-0.4, -0.2) is 27.1 Å². The minimum absolute atomic E-state index is 0.100. The summed E-state index contributed by atoms with van der Waals surface area (Å²) in [7, 11) is 4.72. The van der Waals surface area contributed by atoms with Crippen molar-refractivity contribution < 1.29 is 19.0 Å². The quantitative estimate of drug-likeness (QED) is 0.603. The topological polar surface area (TPSA) is 44.8 Å². The first kappa shape index (κ1) is 15.6. The van der Waals surface area contributed by atoms with Gasteiger partial charge in [0.05, 0.1) is 21.3 Å². The highest BCUT2D eigenvalue weighted by Crippen LogP contribution is 2.27. The Balaban J connectivity index is 2.15. The molecule has 0 saturated heterocycles. The summed E-state index contributed by atoms with van der Waals surface area (Å²) >= 11 is 0. The molecule has 0 radical (unpaired) electrons. The fraction of sp³-hybridized carbons (Fsp3) is 0.167. The average Bonchev–Trinajstić information content (AvgIpc) is 2.59. The lowest BCUT2D eigenvalue weighted by molar-refractivity contribution is 0.104. The molecule has 114 valence electrons. The molecule has 0 spiro atoms. The molecule has 2 aromatic rings. The van der Waals surface area contributed by atoms with Gasteiger partial charge in [0, 0.05) is 5.56 Å². The first-order valence-electron chi connectivity index (χ1n) is 6.76. The van der Waals surface area contributed by atoms with E-state index in [1.54, 1.807) is 45.6 Å². The van der Waals surface area contributed by atoms with Crippen molar-refractivity contribution in [3.8, 4) is 17.2 Å². The third-order valence-electron chi connectivity index (χ3n) is 3.21. The Labute approximate surface area is 129 Å². The smallest absolute Gasteiger partial charge is 0.185 e. The van der Waals surface area contributed by atoms with Gasteiger partial charge in [-0.25, -0.2) is 0 Å². The zero-order valence-electron chi connectivity index (χ0n) is 12.8. The van der Waals surface area contributed by atoms with Crippen molar-refractivity contribution in [3.63, 3.8) is 0 Å². The summed E-state index contributed by atoms with van der Waals surface area (Å²) in [5.74, 6) is 1.81. The van der Waals surface area contributed by atoms with E-state index in [2.05, 4.69) is 0 Å². The van der Waals surface area contributed by atoms with Crippen LogP contribution in [0.3, 0.4) is 0 Å². The van der Waals surface area contributed by atoms with Crippen LogP contribution in [0.5, 0.6) is 17.2 Å². The zero-order chi connectivity index (χ0) is 15.9. The first-order valence-corrected chi connectivity index (χ1v) is 6.76. The van der Waals surface area contributed by atoms with Crippen molar-refractivity contribution in [2.45, 2.75) is 0 Å². The van der Waals surface area contributed by atoms with E-state index in [1.807, 2.05) is 24.3 Å². The normalized spacial score (nSPS) is 10.5. The predicted molar refractivity (Wildman–Crippen MR) is 85.9 cm³/mol. The fourth-order valence-corrected chi connectivity index (χ4v) is 1.97. The van der Waals surface area contributed by atoms with Gasteiger partial charge in [-0.05, 0) is 42.0 Å². The van der Waals surface area contributed by atoms with Crippen LogP contribution in [0.4, 0.5) is 0 Å². The van der Waals surface area contributed by atoms with Crippen molar-refractivity contribution in [1.82, 2.24) is 0 Å². The lowest BCUT2D eigenvalue weighted by Crippen LogP contribution is -1.97. The van der Waals surface area contributed by atoms with Crippen LogP contribution in [0.25, 0.3) is 6.08 Å². The van der Waals surface area contributed by atoms with Crippen LogP contribution >= 0.6 is 0 Å². The molecule has 4 nitrogen and oxygen atoms in total. The molecule has 0 unspecified atom stereocenters. The largest absolute Gasteiger partial charge is 0.497 e. The third-order valence-corrected chi connectivity index (χ3v) is 3.21. The molecule has 0 amide bonds. The Kier molecular flexibility index (Phi) is 5.20. The van der Waals surface area contributed by atoms with Crippen molar-refractivity contribution >= 4 is 11.9 Å². The molecule has 0 fully saturated rings. The summed E-state index contributed by atoms with van der Waals surface area (Å²) in [6, 6.07) is 12.6. The Morgan fingerprint density at radius 2 is 1.55 bits per heavy atom. The summed E-state index contributed by atoms with van der Waals surface area (Å²) in [5.41, 5.74) is 1.47. The van der Waals surface area contributed by atoms with Gasteiger partial charge in [-0.1, -0.05) is 18.2 Å². The van der Waals surface area contributed by atoms with Crippen molar-refractivity contribution in [3.05, 3.63) is 59.7 Å².